The summed E-state index contributed by atoms with van der Waals surface area (Å²) in [6.07, 6.45) is 2.66. The zero-order valence-electron chi connectivity index (χ0n) is 28.3. The molecule has 2 aliphatic heterocycles. The molecule has 264 valence electrons. The largest absolute Gasteiger partial charge is 0.497 e. The lowest BCUT2D eigenvalue weighted by molar-refractivity contribution is -0.140. The van der Waals surface area contributed by atoms with E-state index >= 15 is 0 Å². The molecule has 5 rings (SSSR count). The lowest BCUT2D eigenvalue weighted by Gasteiger charge is -2.28. The Balaban J connectivity index is 1.34. The van der Waals surface area contributed by atoms with Crippen molar-refractivity contribution in [3.05, 3.63) is 95.6 Å². The van der Waals surface area contributed by atoms with Crippen LogP contribution in [0, 0.1) is 0 Å². The molecule has 4 N–H and O–H groups in total. The number of methoxy groups -OCH3 is 1. The summed E-state index contributed by atoms with van der Waals surface area (Å²) >= 11 is 0. The van der Waals surface area contributed by atoms with Crippen molar-refractivity contribution in [2.45, 2.75) is 63.1 Å². The fourth-order valence-corrected chi connectivity index (χ4v) is 6.23. The highest BCUT2D eigenvalue weighted by molar-refractivity contribution is 6.01. The van der Waals surface area contributed by atoms with Crippen LogP contribution >= 0.6 is 0 Å². The van der Waals surface area contributed by atoms with Gasteiger partial charge in [0.1, 0.15) is 29.6 Å². The van der Waals surface area contributed by atoms with Crippen LogP contribution in [0.25, 0.3) is 0 Å². The molecule has 2 aliphatic rings. The van der Waals surface area contributed by atoms with Crippen molar-refractivity contribution in [3.63, 3.8) is 0 Å². The average molecular weight is 684 g/mol. The summed E-state index contributed by atoms with van der Waals surface area (Å²) in [5.74, 6) is -1.25. The summed E-state index contributed by atoms with van der Waals surface area (Å²) in [6.45, 7) is 1.11. The highest BCUT2D eigenvalue weighted by Crippen LogP contribution is 2.22. The van der Waals surface area contributed by atoms with E-state index in [1.807, 2.05) is 54.6 Å². The van der Waals surface area contributed by atoms with Gasteiger partial charge in [0.2, 0.25) is 23.6 Å². The topological polar surface area (TPSA) is 155 Å². The van der Waals surface area contributed by atoms with Crippen LogP contribution in [0.1, 0.15) is 53.6 Å². The summed E-state index contributed by atoms with van der Waals surface area (Å²) in [7, 11) is 1.61. The van der Waals surface area contributed by atoms with Crippen molar-refractivity contribution in [1.82, 2.24) is 26.2 Å². The molecular weight excluding hydrogens is 638 g/mol. The Kier molecular flexibility index (Phi) is 12.8. The second kappa shape index (κ2) is 17.8. The summed E-state index contributed by atoms with van der Waals surface area (Å²) in [6, 6.07) is 20.9. The van der Waals surface area contributed by atoms with Crippen LogP contribution in [0.3, 0.4) is 0 Å². The number of amides is 5. The van der Waals surface area contributed by atoms with Gasteiger partial charge >= 0.3 is 0 Å². The summed E-state index contributed by atoms with van der Waals surface area (Å²) in [4.78, 5) is 69.4. The molecule has 0 aromatic heterocycles. The van der Waals surface area contributed by atoms with Crippen molar-refractivity contribution in [3.8, 4) is 11.5 Å². The molecule has 0 saturated carbocycles. The highest BCUT2D eigenvalue weighted by atomic mass is 16.5. The van der Waals surface area contributed by atoms with E-state index in [1.165, 1.54) is 4.90 Å². The Morgan fingerprint density at radius 3 is 2.52 bits per heavy atom. The van der Waals surface area contributed by atoms with Gasteiger partial charge in [-0.2, -0.15) is 0 Å². The van der Waals surface area contributed by atoms with Crippen molar-refractivity contribution < 1.29 is 33.4 Å². The van der Waals surface area contributed by atoms with Crippen molar-refractivity contribution in [2.24, 2.45) is 0 Å². The molecule has 12 heteroatoms. The Morgan fingerprint density at radius 1 is 0.920 bits per heavy atom. The van der Waals surface area contributed by atoms with Gasteiger partial charge in [-0.25, -0.2) is 0 Å². The number of para-hydroxylation sites is 1. The van der Waals surface area contributed by atoms with E-state index in [0.717, 1.165) is 16.9 Å². The molecule has 1 fully saturated rings. The van der Waals surface area contributed by atoms with Crippen LogP contribution in [0.15, 0.2) is 78.9 Å². The fraction of sp³-hybridized carbons (Fsp3) is 0.395. The average Bonchev–Trinajstić information content (AvgIpc) is 3.63. The molecule has 2 heterocycles. The molecule has 0 aliphatic carbocycles. The number of hydrogen-bond acceptors (Lipinski definition) is 7. The third-order valence-electron chi connectivity index (χ3n) is 8.88. The SMILES string of the molecule is COc1cccc(CCCNC(=O)[C@@H]2CC(=O)N3CCC[C@@H]3C(=O)N[C@@H](Cc3ccccc3)C(=O)NCCCOc3ccccc3C(=O)N2)c1. The molecule has 50 heavy (non-hydrogen) atoms. The van der Waals surface area contributed by atoms with Crippen LogP contribution < -0.4 is 30.7 Å². The highest BCUT2D eigenvalue weighted by Gasteiger charge is 2.38. The van der Waals surface area contributed by atoms with E-state index in [9.17, 15) is 24.0 Å². The molecule has 3 atom stereocenters. The first-order valence-corrected chi connectivity index (χ1v) is 17.2. The van der Waals surface area contributed by atoms with E-state index in [2.05, 4.69) is 21.3 Å². The number of hydrogen-bond donors (Lipinski definition) is 4. The minimum Gasteiger partial charge on any atom is -0.497 e. The maximum absolute atomic E-state index is 13.8. The van der Waals surface area contributed by atoms with Gasteiger partial charge in [0.25, 0.3) is 5.91 Å². The maximum atomic E-state index is 13.8. The molecule has 0 radical (unpaired) electrons. The van der Waals surface area contributed by atoms with E-state index < -0.39 is 41.8 Å². The molecule has 5 amide bonds. The third kappa shape index (κ3) is 9.83. The summed E-state index contributed by atoms with van der Waals surface area (Å²) < 4.78 is 11.2. The van der Waals surface area contributed by atoms with Gasteiger partial charge in [0.15, 0.2) is 0 Å². The molecule has 0 unspecified atom stereocenters. The number of nitrogens with one attached hydrogen (secondary N) is 4. The number of aryl methyl sites for hydroxylation is 1. The predicted molar refractivity (Wildman–Crippen MR) is 187 cm³/mol. The van der Waals surface area contributed by atoms with Gasteiger partial charge < -0.3 is 35.6 Å². The standard InChI is InChI=1S/C38H45N5O7/c1-49-28-15-7-13-26(23-28)14-8-19-39-37(47)31-25-34(44)43-21-9-17-32(43)38(48)42-30(24-27-11-3-2-4-12-27)36(46)40-20-10-22-50-33-18-6-5-16-29(33)35(45)41-31/h2-7,11-13,15-16,18,23,30-32H,8-10,14,17,19-22,24-25H2,1H3,(H,39,47)(H,40,46)(H,41,45)(H,42,48)/t30-,31-,32+/m0/s1. The molecule has 1 saturated heterocycles. The minimum absolute atomic E-state index is 0.201. The van der Waals surface area contributed by atoms with Crippen LogP contribution in [0.4, 0.5) is 0 Å². The van der Waals surface area contributed by atoms with Crippen molar-refractivity contribution >= 4 is 29.5 Å². The zero-order chi connectivity index (χ0) is 35.3. The van der Waals surface area contributed by atoms with Gasteiger partial charge in [0, 0.05) is 26.1 Å². The van der Waals surface area contributed by atoms with E-state index in [-0.39, 0.29) is 37.5 Å². The minimum atomic E-state index is -1.21. The summed E-state index contributed by atoms with van der Waals surface area (Å²) in [5.41, 5.74) is 2.14. The zero-order valence-corrected chi connectivity index (χ0v) is 28.3. The second-order valence-electron chi connectivity index (χ2n) is 12.5. The van der Waals surface area contributed by atoms with Gasteiger partial charge in [0.05, 0.1) is 25.7 Å². The molecular formula is C38H45N5O7. The summed E-state index contributed by atoms with van der Waals surface area (Å²) in [5, 5.41) is 11.4. The van der Waals surface area contributed by atoms with Gasteiger partial charge in [-0.15, -0.1) is 0 Å². The number of carbonyl (C=O) groups is 5. The fourth-order valence-electron chi connectivity index (χ4n) is 6.23. The molecule has 3 aromatic carbocycles. The maximum Gasteiger partial charge on any atom is 0.255 e. The van der Waals surface area contributed by atoms with Gasteiger partial charge in [-0.1, -0.05) is 54.6 Å². The van der Waals surface area contributed by atoms with Crippen LogP contribution in [0.2, 0.25) is 0 Å². The Hall–Kier alpha value is -5.39. The number of fused-ring (bicyclic) bond motifs is 2. The smallest absolute Gasteiger partial charge is 0.255 e. The molecule has 12 nitrogen and oxygen atoms in total. The number of ether oxygens (including phenoxy) is 2. The van der Waals surface area contributed by atoms with Crippen molar-refractivity contribution in [1.29, 1.82) is 0 Å². The Bertz CT molecular complexity index is 1650. The first kappa shape index (κ1) is 35.9. The van der Waals surface area contributed by atoms with Crippen LogP contribution in [0.5, 0.6) is 11.5 Å². The van der Waals surface area contributed by atoms with Gasteiger partial charge in [-0.05, 0) is 67.5 Å². The quantitative estimate of drug-likeness (QED) is 0.266. The first-order chi connectivity index (χ1) is 24.3. The lowest BCUT2D eigenvalue weighted by atomic mass is 10.0. The normalized spacial score (nSPS) is 20.5. The second-order valence-corrected chi connectivity index (χ2v) is 12.5. The van der Waals surface area contributed by atoms with Gasteiger partial charge in [-0.3, -0.25) is 24.0 Å². The van der Waals surface area contributed by atoms with Crippen LogP contribution in [-0.2, 0) is 32.0 Å². The number of benzene rings is 3. The Morgan fingerprint density at radius 2 is 1.70 bits per heavy atom. The van der Waals surface area contributed by atoms with Crippen molar-refractivity contribution in [2.75, 3.05) is 33.4 Å². The molecule has 3 aromatic rings. The molecule has 0 spiro atoms. The monoisotopic (exact) mass is 683 g/mol. The van der Waals surface area contributed by atoms with E-state index in [0.29, 0.717) is 50.9 Å². The number of nitrogens with zero attached hydrogens (tertiary/aromatic N) is 1. The Labute approximate surface area is 292 Å². The third-order valence-corrected chi connectivity index (χ3v) is 8.88. The van der Waals surface area contributed by atoms with E-state index in [4.69, 9.17) is 9.47 Å². The first-order valence-electron chi connectivity index (χ1n) is 17.2. The lowest BCUT2D eigenvalue weighted by Crippen LogP contribution is -2.55. The van der Waals surface area contributed by atoms with E-state index in [1.54, 1.807) is 31.4 Å². The molecule has 0 bridgehead atoms. The number of carbonyl (C=O) groups excluding carboxylic acids is 5. The predicted octanol–water partition coefficient (Wildman–Crippen LogP) is 2.55. The number of rotatable bonds is 8. The van der Waals surface area contributed by atoms with Crippen LogP contribution in [-0.4, -0.2) is 85.9 Å².